The molecule has 0 unspecified atom stereocenters. The molecule has 0 N–H and O–H groups in total. The number of hydrogen-bond donors (Lipinski definition) is 0. The van der Waals surface area contributed by atoms with Gasteiger partial charge in [-0.1, -0.05) is 226 Å². The smallest absolute Gasteiger partial charge is 0.0726 e. The van der Waals surface area contributed by atoms with E-state index in [1.807, 2.05) is 0 Å². The first-order chi connectivity index (χ1) is 35.0. The van der Waals surface area contributed by atoms with Crippen molar-refractivity contribution in [3.8, 4) is 55.6 Å². The minimum atomic E-state index is -0.531. The molecule has 3 aliphatic carbocycles. The second kappa shape index (κ2) is 14.9. The molecule has 15 rings (SSSR count). The molecule has 1 nitrogen and oxygen atoms in total. The Morgan fingerprint density at radius 1 is 0.268 bits per heavy atom. The monoisotopic (exact) mass is 901 g/mol. The molecule has 3 aliphatic rings. The molecule has 1 spiro atoms. The zero-order valence-electron chi connectivity index (χ0n) is 39.6. The van der Waals surface area contributed by atoms with Gasteiger partial charge >= 0.3 is 0 Å². The highest BCUT2D eigenvalue weighted by molar-refractivity contribution is 6.26. The van der Waals surface area contributed by atoms with Crippen LogP contribution < -0.4 is 4.90 Å². The predicted molar refractivity (Wildman–Crippen MR) is 298 cm³/mol. The van der Waals surface area contributed by atoms with Gasteiger partial charge < -0.3 is 4.90 Å². The summed E-state index contributed by atoms with van der Waals surface area (Å²) < 4.78 is 0. The van der Waals surface area contributed by atoms with Crippen LogP contribution in [0, 0.1) is 0 Å². The van der Waals surface area contributed by atoms with E-state index in [0.29, 0.717) is 0 Å². The summed E-state index contributed by atoms with van der Waals surface area (Å²) in [7, 11) is 0. The molecule has 0 aromatic heterocycles. The Morgan fingerprint density at radius 2 is 0.704 bits per heavy atom. The van der Waals surface area contributed by atoms with E-state index < -0.39 is 5.41 Å². The standard InChI is InChI=1S/C70H47N/c1-69(2)62-34-14-10-30-55(62)57-32-19-33-58(68(57)69)61-42-60-56-31-13-17-37-65(56)70(63-35-15-11-28-53(63)54-29-12-16-36-64(54)70)66(60)43-67(61)71(46-23-18-22-45(40-46)44-20-4-3-5-21-44)47-38-39-52-50-26-7-6-24-48(50)49-25-8-9-27-51(49)59(52)41-47/h3-43H,1-2H3. The lowest BCUT2D eigenvalue weighted by molar-refractivity contribution is 0.662. The fourth-order valence-corrected chi connectivity index (χ4v) is 13.5. The van der Waals surface area contributed by atoms with Crippen molar-refractivity contribution < 1.29 is 0 Å². The SMILES string of the molecule is CC1(C)c2ccccc2-c2cccc(-c3cc4c(cc3N(c3cccc(-c5ccccc5)c3)c3ccc5c6ccccc6c6ccccc6c5c3)C3(c5ccccc5-c5ccccc53)c3ccccc3-4)c21. The number of fused-ring (bicyclic) bond motifs is 19. The summed E-state index contributed by atoms with van der Waals surface area (Å²) in [4.78, 5) is 2.59. The number of rotatable bonds is 5. The Morgan fingerprint density at radius 3 is 1.32 bits per heavy atom. The molecule has 12 aromatic carbocycles. The van der Waals surface area contributed by atoms with E-state index in [1.165, 1.54) is 121 Å². The highest BCUT2D eigenvalue weighted by atomic mass is 15.1. The fourth-order valence-electron chi connectivity index (χ4n) is 13.5. The van der Waals surface area contributed by atoms with Gasteiger partial charge in [0, 0.05) is 22.4 Å². The lowest BCUT2D eigenvalue weighted by atomic mass is 9.70. The molecule has 0 heterocycles. The van der Waals surface area contributed by atoms with Crippen molar-refractivity contribution in [3.63, 3.8) is 0 Å². The van der Waals surface area contributed by atoms with Crippen molar-refractivity contribution in [2.45, 2.75) is 24.7 Å². The van der Waals surface area contributed by atoms with Gasteiger partial charge in [-0.05, 0) is 152 Å². The maximum Gasteiger partial charge on any atom is 0.0726 e. The Bertz CT molecular complexity index is 4130. The quantitative estimate of drug-likeness (QED) is 0.156. The molecule has 0 saturated carbocycles. The van der Waals surface area contributed by atoms with Crippen LogP contribution in [0.5, 0.6) is 0 Å². The van der Waals surface area contributed by atoms with E-state index in [1.54, 1.807) is 0 Å². The normalized spacial score (nSPS) is 14.0. The van der Waals surface area contributed by atoms with Gasteiger partial charge in [-0.25, -0.2) is 0 Å². The average molecular weight is 902 g/mol. The van der Waals surface area contributed by atoms with Gasteiger partial charge in [-0.2, -0.15) is 0 Å². The van der Waals surface area contributed by atoms with Crippen molar-refractivity contribution in [1.82, 2.24) is 0 Å². The highest BCUT2D eigenvalue weighted by Crippen LogP contribution is 2.65. The van der Waals surface area contributed by atoms with E-state index >= 15 is 0 Å². The van der Waals surface area contributed by atoms with Crippen molar-refractivity contribution in [3.05, 3.63) is 282 Å². The van der Waals surface area contributed by atoms with E-state index in [2.05, 4.69) is 267 Å². The summed E-state index contributed by atoms with van der Waals surface area (Å²) in [6, 6.07) is 93.9. The molecule has 12 aromatic rings. The second-order valence-electron chi connectivity index (χ2n) is 20.3. The van der Waals surface area contributed by atoms with E-state index in [-0.39, 0.29) is 5.41 Å². The van der Waals surface area contributed by atoms with Gasteiger partial charge in [0.05, 0.1) is 11.1 Å². The molecule has 0 atom stereocenters. The van der Waals surface area contributed by atoms with Crippen molar-refractivity contribution in [2.24, 2.45) is 0 Å². The second-order valence-corrected chi connectivity index (χ2v) is 20.3. The number of nitrogens with zero attached hydrogens (tertiary/aromatic N) is 1. The molecule has 0 amide bonds. The van der Waals surface area contributed by atoms with E-state index in [4.69, 9.17) is 0 Å². The zero-order valence-corrected chi connectivity index (χ0v) is 39.6. The molecular weight excluding hydrogens is 855 g/mol. The van der Waals surface area contributed by atoms with Crippen LogP contribution in [-0.2, 0) is 10.8 Å². The summed E-state index contributed by atoms with van der Waals surface area (Å²) in [5.41, 5.74) is 23.3. The van der Waals surface area contributed by atoms with Crippen LogP contribution in [0.1, 0.15) is 47.2 Å². The van der Waals surface area contributed by atoms with Gasteiger partial charge in [0.15, 0.2) is 0 Å². The van der Waals surface area contributed by atoms with Crippen LogP contribution in [0.3, 0.4) is 0 Å². The molecule has 0 bridgehead atoms. The van der Waals surface area contributed by atoms with Gasteiger partial charge in [0.2, 0.25) is 0 Å². The third-order valence-electron chi connectivity index (χ3n) is 16.4. The maximum atomic E-state index is 2.61. The first-order valence-corrected chi connectivity index (χ1v) is 25.0. The number of benzene rings is 12. The number of hydrogen-bond acceptors (Lipinski definition) is 1. The van der Waals surface area contributed by atoms with Crippen molar-refractivity contribution in [2.75, 3.05) is 4.90 Å². The van der Waals surface area contributed by atoms with Crippen LogP contribution in [0.25, 0.3) is 88.0 Å². The van der Waals surface area contributed by atoms with Gasteiger partial charge in [0.25, 0.3) is 0 Å². The third-order valence-corrected chi connectivity index (χ3v) is 16.4. The Kier molecular flexibility index (Phi) is 8.40. The zero-order chi connectivity index (χ0) is 47.0. The summed E-state index contributed by atoms with van der Waals surface area (Å²) in [5.74, 6) is 0. The predicted octanol–water partition coefficient (Wildman–Crippen LogP) is 18.6. The van der Waals surface area contributed by atoms with Gasteiger partial charge in [-0.15, -0.1) is 0 Å². The molecule has 332 valence electrons. The van der Waals surface area contributed by atoms with Crippen LogP contribution in [0.4, 0.5) is 17.1 Å². The minimum absolute atomic E-state index is 0.248. The average Bonchev–Trinajstić information content (AvgIpc) is 4.00. The van der Waals surface area contributed by atoms with Gasteiger partial charge in [-0.3, -0.25) is 0 Å². The maximum absolute atomic E-state index is 2.61. The molecular formula is C70H47N. The van der Waals surface area contributed by atoms with Crippen molar-refractivity contribution in [1.29, 1.82) is 0 Å². The van der Waals surface area contributed by atoms with E-state index in [9.17, 15) is 0 Å². The molecule has 0 fully saturated rings. The lowest BCUT2D eigenvalue weighted by Gasteiger charge is -2.34. The Balaban J connectivity index is 1.10. The van der Waals surface area contributed by atoms with Crippen LogP contribution in [0.2, 0.25) is 0 Å². The van der Waals surface area contributed by atoms with Gasteiger partial charge in [0.1, 0.15) is 0 Å². The third kappa shape index (κ3) is 5.46. The van der Waals surface area contributed by atoms with E-state index in [0.717, 1.165) is 17.1 Å². The Labute approximate surface area is 414 Å². The van der Waals surface area contributed by atoms with Crippen LogP contribution in [-0.4, -0.2) is 0 Å². The Hall–Kier alpha value is -8.78. The topological polar surface area (TPSA) is 3.24 Å². The highest BCUT2D eigenvalue weighted by Gasteiger charge is 2.52. The van der Waals surface area contributed by atoms with Crippen LogP contribution in [0.15, 0.2) is 249 Å². The van der Waals surface area contributed by atoms with Crippen LogP contribution >= 0.6 is 0 Å². The lowest BCUT2D eigenvalue weighted by Crippen LogP contribution is -2.26. The van der Waals surface area contributed by atoms with Crippen molar-refractivity contribution >= 4 is 49.4 Å². The molecule has 0 radical (unpaired) electrons. The molecule has 0 aliphatic heterocycles. The first-order valence-electron chi connectivity index (χ1n) is 25.0. The minimum Gasteiger partial charge on any atom is -0.310 e. The number of anilines is 3. The summed E-state index contributed by atoms with van der Waals surface area (Å²) in [6.45, 7) is 4.84. The fraction of sp³-hybridized carbons (Fsp3) is 0.0571. The first kappa shape index (κ1) is 40.1. The summed E-state index contributed by atoms with van der Waals surface area (Å²) in [5, 5.41) is 7.56. The largest absolute Gasteiger partial charge is 0.310 e. The summed E-state index contributed by atoms with van der Waals surface area (Å²) in [6.07, 6.45) is 0. The summed E-state index contributed by atoms with van der Waals surface area (Å²) >= 11 is 0. The molecule has 0 saturated heterocycles. The molecule has 71 heavy (non-hydrogen) atoms. The molecule has 1 heteroatoms.